The number of pyridine rings is 1. The van der Waals surface area contributed by atoms with Gasteiger partial charge in [0, 0.05) is 25.8 Å². The molecule has 1 aromatic carbocycles. The molecule has 2 aromatic rings. The molecule has 0 fully saturated rings. The van der Waals surface area contributed by atoms with Gasteiger partial charge < -0.3 is 24.0 Å². The van der Waals surface area contributed by atoms with E-state index >= 15 is 0 Å². The van der Waals surface area contributed by atoms with Gasteiger partial charge in [0.1, 0.15) is 5.82 Å². The van der Waals surface area contributed by atoms with Crippen molar-refractivity contribution in [2.75, 3.05) is 45.9 Å². The fourth-order valence-electron chi connectivity index (χ4n) is 4.15. The van der Waals surface area contributed by atoms with Gasteiger partial charge in [-0.05, 0) is 55.7 Å². The van der Waals surface area contributed by atoms with E-state index in [2.05, 4.69) is 23.7 Å². The van der Waals surface area contributed by atoms with Crippen LogP contribution in [0.2, 0.25) is 0 Å². The van der Waals surface area contributed by atoms with Gasteiger partial charge in [0.15, 0.2) is 11.5 Å². The highest BCUT2D eigenvalue weighted by Gasteiger charge is 2.34. The van der Waals surface area contributed by atoms with E-state index in [1.807, 2.05) is 18.2 Å². The number of carbonyl (C=O) groups is 2. The van der Waals surface area contributed by atoms with Crippen molar-refractivity contribution in [2.45, 2.75) is 32.7 Å². The van der Waals surface area contributed by atoms with Crippen molar-refractivity contribution >= 4 is 17.7 Å². The normalized spacial score (nSPS) is 15.0. The van der Waals surface area contributed by atoms with Crippen LogP contribution in [0.4, 0.5) is 5.82 Å². The molecule has 1 aromatic heterocycles. The van der Waals surface area contributed by atoms with Crippen molar-refractivity contribution < 1.29 is 23.8 Å². The zero-order chi connectivity index (χ0) is 23.3. The summed E-state index contributed by atoms with van der Waals surface area (Å²) in [6, 6.07) is 6.95. The molecule has 0 N–H and O–H groups in total. The molecule has 1 aliphatic heterocycles. The number of methoxy groups -OCH3 is 3. The first-order valence-corrected chi connectivity index (χ1v) is 10.8. The summed E-state index contributed by atoms with van der Waals surface area (Å²) in [5.41, 5.74) is 2.37. The average Bonchev–Trinajstić information content (AvgIpc) is 2.84. The Morgan fingerprint density at radius 3 is 2.34 bits per heavy atom. The van der Waals surface area contributed by atoms with E-state index in [-0.39, 0.29) is 18.3 Å². The van der Waals surface area contributed by atoms with Gasteiger partial charge in [-0.25, -0.2) is 4.98 Å². The van der Waals surface area contributed by atoms with Gasteiger partial charge in [-0.15, -0.1) is 0 Å². The van der Waals surface area contributed by atoms with E-state index in [1.54, 1.807) is 31.4 Å². The highest BCUT2D eigenvalue weighted by atomic mass is 16.5. The molecule has 0 bridgehead atoms. The summed E-state index contributed by atoms with van der Waals surface area (Å²) >= 11 is 0. The standard InChI is InChI=1S/C24H31N3O5/c1-6-26(7-2)22-9-8-17(15-25-22)24(29)27-11-10-16-12-20(30-3)21(31-4)13-18(16)19(27)14-23(28)32-5/h8-9,12-13,15,19H,6-7,10-11,14H2,1-5H3. The molecule has 0 radical (unpaired) electrons. The lowest BCUT2D eigenvalue weighted by Crippen LogP contribution is -2.41. The number of fused-ring (bicyclic) bond motifs is 1. The lowest BCUT2D eigenvalue weighted by Gasteiger charge is -2.37. The Kier molecular flexibility index (Phi) is 7.56. The monoisotopic (exact) mass is 441 g/mol. The Morgan fingerprint density at radius 2 is 1.78 bits per heavy atom. The van der Waals surface area contributed by atoms with E-state index < -0.39 is 6.04 Å². The van der Waals surface area contributed by atoms with Crippen LogP contribution < -0.4 is 14.4 Å². The number of esters is 1. The molecule has 32 heavy (non-hydrogen) atoms. The fourth-order valence-corrected chi connectivity index (χ4v) is 4.15. The van der Waals surface area contributed by atoms with Crippen LogP contribution in [0.15, 0.2) is 30.5 Å². The Labute approximate surface area is 189 Å². The average molecular weight is 442 g/mol. The Balaban J connectivity index is 1.96. The van der Waals surface area contributed by atoms with Crippen LogP contribution in [0.5, 0.6) is 11.5 Å². The number of nitrogens with zero attached hydrogens (tertiary/aromatic N) is 3. The predicted octanol–water partition coefficient (Wildman–Crippen LogP) is 3.25. The van der Waals surface area contributed by atoms with E-state index in [0.29, 0.717) is 30.0 Å². The SMILES string of the molecule is CCN(CC)c1ccc(C(=O)N2CCc3cc(OC)c(OC)cc3C2CC(=O)OC)cn1. The number of hydrogen-bond donors (Lipinski definition) is 0. The predicted molar refractivity (Wildman–Crippen MR) is 121 cm³/mol. The summed E-state index contributed by atoms with van der Waals surface area (Å²) in [5, 5.41) is 0. The highest BCUT2D eigenvalue weighted by molar-refractivity contribution is 5.95. The van der Waals surface area contributed by atoms with Crippen molar-refractivity contribution in [1.82, 2.24) is 9.88 Å². The third kappa shape index (κ3) is 4.64. The number of amides is 1. The molecular weight excluding hydrogens is 410 g/mol. The molecule has 0 aliphatic carbocycles. The maximum Gasteiger partial charge on any atom is 0.307 e. The van der Waals surface area contributed by atoms with Crippen molar-refractivity contribution in [1.29, 1.82) is 0 Å². The zero-order valence-electron chi connectivity index (χ0n) is 19.4. The molecule has 8 nitrogen and oxygen atoms in total. The number of benzene rings is 1. The Bertz CT molecular complexity index is 957. The van der Waals surface area contributed by atoms with Gasteiger partial charge in [0.2, 0.25) is 0 Å². The molecule has 1 atom stereocenters. The van der Waals surface area contributed by atoms with Crippen molar-refractivity contribution in [3.8, 4) is 11.5 Å². The molecule has 8 heteroatoms. The second-order valence-corrected chi connectivity index (χ2v) is 7.53. The van der Waals surface area contributed by atoms with Gasteiger partial charge in [-0.3, -0.25) is 9.59 Å². The maximum atomic E-state index is 13.5. The minimum atomic E-state index is -0.471. The number of rotatable bonds is 8. The third-order valence-electron chi connectivity index (χ3n) is 5.93. The minimum absolute atomic E-state index is 0.0513. The van der Waals surface area contributed by atoms with E-state index in [9.17, 15) is 9.59 Å². The van der Waals surface area contributed by atoms with Crippen molar-refractivity contribution in [2.24, 2.45) is 0 Å². The fraction of sp³-hybridized carbons (Fsp3) is 0.458. The summed E-state index contributed by atoms with van der Waals surface area (Å²) in [7, 11) is 4.50. The van der Waals surface area contributed by atoms with E-state index in [4.69, 9.17) is 14.2 Å². The molecule has 1 unspecified atom stereocenters. The van der Waals surface area contributed by atoms with Crippen LogP contribution in [-0.2, 0) is 16.0 Å². The van der Waals surface area contributed by atoms with Crippen molar-refractivity contribution in [3.05, 3.63) is 47.2 Å². The van der Waals surface area contributed by atoms with E-state index in [0.717, 1.165) is 30.0 Å². The summed E-state index contributed by atoms with van der Waals surface area (Å²) in [5.74, 6) is 1.46. The van der Waals surface area contributed by atoms with Crippen molar-refractivity contribution in [3.63, 3.8) is 0 Å². The smallest absolute Gasteiger partial charge is 0.307 e. The quantitative estimate of drug-likeness (QED) is 0.582. The second-order valence-electron chi connectivity index (χ2n) is 7.53. The second kappa shape index (κ2) is 10.3. The summed E-state index contributed by atoms with van der Waals surface area (Å²) in [6.07, 6.45) is 2.30. The molecule has 1 amide bonds. The van der Waals surface area contributed by atoms with Crippen LogP contribution in [0.25, 0.3) is 0 Å². The molecule has 2 heterocycles. The molecule has 0 spiro atoms. The Morgan fingerprint density at radius 1 is 1.09 bits per heavy atom. The molecule has 172 valence electrons. The van der Waals surface area contributed by atoms with Crippen LogP contribution >= 0.6 is 0 Å². The summed E-state index contributed by atoms with van der Waals surface area (Å²) in [6.45, 7) is 6.28. The van der Waals surface area contributed by atoms with Gasteiger partial charge in [0.25, 0.3) is 5.91 Å². The first-order valence-electron chi connectivity index (χ1n) is 10.8. The van der Waals surface area contributed by atoms with Gasteiger partial charge in [0.05, 0.1) is 39.4 Å². The minimum Gasteiger partial charge on any atom is -0.493 e. The van der Waals surface area contributed by atoms with Gasteiger partial charge in [-0.1, -0.05) is 0 Å². The largest absolute Gasteiger partial charge is 0.493 e. The van der Waals surface area contributed by atoms with Gasteiger partial charge >= 0.3 is 5.97 Å². The lowest BCUT2D eigenvalue weighted by atomic mass is 9.89. The molecule has 0 saturated heterocycles. The van der Waals surface area contributed by atoms with Gasteiger partial charge in [-0.2, -0.15) is 0 Å². The number of anilines is 1. The highest BCUT2D eigenvalue weighted by Crippen LogP contribution is 2.40. The third-order valence-corrected chi connectivity index (χ3v) is 5.93. The van der Waals surface area contributed by atoms with Crippen LogP contribution in [0, 0.1) is 0 Å². The summed E-state index contributed by atoms with van der Waals surface area (Å²) in [4.78, 5) is 34.0. The number of carbonyl (C=O) groups excluding carboxylic acids is 2. The number of hydrogen-bond acceptors (Lipinski definition) is 7. The first-order chi connectivity index (χ1) is 15.5. The maximum absolute atomic E-state index is 13.5. The van der Waals surface area contributed by atoms with Crippen LogP contribution in [0.1, 0.15) is 47.8 Å². The summed E-state index contributed by atoms with van der Waals surface area (Å²) < 4.78 is 15.8. The first kappa shape index (κ1) is 23.4. The molecule has 0 saturated carbocycles. The van der Waals surface area contributed by atoms with E-state index in [1.165, 1.54) is 7.11 Å². The topological polar surface area (TPSA) is 81.2 Å². The number of ether oxygens (including phenoxy) is 3. The molecular formula is C24H31N3O5. The molecule has 3 rings (SSSR count). The van der Waals surface area contributed by atoms with Crippen LogP contribution in [-0.4, -0.2) is 62.7 Å². The van der Waals surface area contributed by atoms with Crippen LogP contribution in [0.3, 0.4) is 0 Å². The zero-order valence-corrected chi connectivity index (χ0v) is 19.4. The molecule has 1 aliphatic rings. The number of aromatic nitrogens is 1. The lowest BCUT2D eigenvalue weighted by molar-refractivity contribution is -0.141. The Hall–Kier alpha value is -3.29.